The number of hydrogen-bond donors (Lipinski definition) is 1. The van der Waals surface area contributed by atoms with E-state index in [2.05, 4.69) is 36.2 Å². The third-order valence-corrected chi connectivity index (χ3v) is 5.12. The smallest absolute Gasteiger partial charge is 0.226 e. The summed E-state index contributed by atoms with van der Waals surface area (Å²) in [6, 6.07) is 0.626. The number of hydrogen-bond acceptors (Lipinski definition) is 4. The molecular formula is C16H27N3O. The van der Waals surface area contributed by atoms with Crippen molar-refractivity contribution in [1.82, 2.24) is 15.5 Å². The van der Waals surface area contributed by atoms with Gasteiger partial charge in [-0.15, -0.1) is 0 Å². The van der Waals surface area contributed by atoms with E-state index in [1.54, 1.807) is 0 Å². The van der Waals surface area contributed by atoms with Gasteiger partial charge in [0.2, 0.25) is 5.89 Å². The second-order valence-corrected chi connectivity index (χ2v) is 7.20. The summed E-state index contributed by atoms with van der Waals surface area (Å²) in [7, 11) is 0. The van der Waals surface area contributed by atoms with Crippen LogP contribution in [0.2, 0.25) is 0 Å². The zero-order valence-corrected chi connectivity index (χ0v) is 13.0. The summed E-state index contributed by atoms with van der Waals surface area (Å²) >= 11 is 0. The van der Waals surface area contributed by atoms with Crippen molar-refractivity contribution in [2.24, 2.45) is 11.3 Å². The zero-order chi connectivity index (χ0) is 14.2. The molecule has 2 fully saturated rings. The topological polar surface area (TPSA) is 51.0 Å². The molecule has 0 spiro atoms. The molecular weight excluding hydrogens is 250 g/mol. The molecule has 0 amide bonds. The van der Waals surface area contributed by atoms with E-state index in [1.807, 2.05) is 0 Å². The Morgan fingerprint density at radius 2 is 2.05 bits per heavy atom. The van der Waals surface area contributed by atoms with Gasteiger partial charge in [-0.25, -0.2) is 0 Å². The Morgan fingerprint density at radius 3 is 2.75 bits per heavy atom. The Kier molecular flexibility index (Phi) is 3.85. The molecule has 20 heavy (non-hydrogen) atoms. The maximum absolute atomic E-state index is 5.50. The lowest BCUT2D eigenvalue weighted by atomic mass is 9.82. The lowest BCUT2D eigenvalue weighted by Crippen LogP contribution is -2.39. The fourth-order valence-electron chi connectivity index (χ4n) is 3.61. The minimum absolute atomic E-state index is 0.373. The van der Waals surface area contributed by atoms with Gasteiger partial charge < -0.3 is 9.84 Å². The van der Waals surface area contributed by atoms with Gasteiger partial charge >= 0.3 is 0 Å². The minimum Gasteiger partial charge on any atom is -0.339 e. The number of nitrogens with zero attached hydrogens (tertiary/aromatic N) is 2. The first-order valence-corrected chi connectivity index (χ1v) is 8.16. The molecule has 0 bridgehead atoms. The normalized spacial score (nSPS) is 32.2. The van der Waals surface area contributed by atoms with Crippen LogP contribution in [0.3, 0.4) is 0 Å². The Balaban J connectivity index is 1.62. The van der Waals surface area contributed by atoms with Crippen molar-refractivity contribution in [3.63, 3.8) is 0 Å². The van der Waals surface area contributed by atoms with Crippen molar-refractivity contribution in [1.29, 1.82) is 0 Å². The molecule has 1 aromatic rings. The summed E-state index contributed by atoms with van der Waals surface area (Å²) in [5, 5.41) is 7.82. The molecule has 0 saturated heterocycles. The van der Waals surface area contributed by atoms with Crippen LogP contribution in [0.1, 0.15) is 70.5 Å². The summed E-state index contributed by atoms with van der Waals surface area (Å²) < 4.78 is 5.50. The average Bonchev–Trinajstić information content (AvgIpc) is 2.85. The van der Waals surface area contributed by atoms with E-state index in [0.29, 0.717) is 23.3 Å². The first-order valence-electron chi connectivity index (χ1n) is 8.16. The Labute approximate surface area is 121 Å². The molecule has 2 aliphatic carbocycles. The summed E-state index contributed by atoms with van der Waals surface area (Å²) in [4.78, 5) is 4.65. The number of aromatic nitrogens is 2. The van der Waals surface area contributed by atoms with Crippen molar-refractivity contribution >= 4 is 0 Å². The zero-order valence-electron chi connectivity index (χ0n) is 13.0. The van der Waals surface area contributed by atoms with E-state index in [0.717, 1.165) is 24.7 Å². The van der Waals surface area contributed by atoms with Gasteiger partial charge in [0.15, 0.2) is 5.82 Å². The molecule has 4 heteroatoms. The van der Waals surface area contributed by atoms with Crippen LogP contribution in [0.15, 0.2) is 4.52 Å². The van der Waals surface area contributed by atoms with Crippen LogP contribution in [-0.4, -0.2) is 22.7 Å². The fraction of sp³-hybridized carbons (Fsp3) is 0.875. The predicted octanol–water partition coefficient (Wildman–Crippen LogP) is 3.29. The van der Waals surface area contributed by atoms with Crippen LogP contribution < -0.4 is 5.32 Å². The highest BCUT2D eigenvalue weighted by atomic mass is 16.5. The van der Waals surface area contributed by atoms with E-state index in [9.17, 15) is 0 Å². The van der Waals surface area contributed by atoms with Crippen molar-refractivity contribution < 1.29 is 4.52 Å². The highest BCUT2D eigenvalue weighted by Gasteiger charge is 2.49. The van der Waals surface area contributed by atoms with Crippen molar-refractivity contribution in [2.75, 3.05) is 6.54 Å². The molecule has 112 valence electrons. The summed E-state index contributed by atoms with van der Waals surface area (Å²) in [5.41, 5.74) is 0.373. The molecule has 2 saturated carbocycles. The lowest BCUT2D eigenvalue weighted by molar-refractivity contribution is 0.242. The molecule has 0 aromatic carbocycles. The Bertz CT molecular complexity index is 452. The molecule has 2 aliphatic rings. The molecule has 1 aromatic heterocycles. The highest BCUT2D eigenvalue weighted by molar-refractivity contribution is 5.14. The van der Waals surface area contributed by atoms with Gasteiger partial charge in [0.05, 0.1) is 0 Å². The Morgan fingerprint density at radius 1 is 1.30 bits per heavy atom. The van der Waals surface area contributed by atoms with Gasteiger partial charge in [0, 0.05) is 18.4 Å². The third kappa shape index (κ3) is 2.90. The molecule has 4 nitrogen and oxygen atoms in total. The maximum Gasteiger partial charge on any atom is 0.226 e. The molecule has 3 rings (SSSR count). The third-order valence-electron chi connectivity index (χ3n) is 5.12. The SMILES string of the molecule is CCNC1CCCCC1Cc1nc(C2CC2(C)C)no1. The van der Waals surface area contributed by atoms with Crippen molar-refractivity contribution in [3.8, 4) is 0 Å². The lowest BCUT2D eigenvalue weighted by Gasteiger charge is -2.31. The van der Waals surface area contributed by atoms with Crippen LogP contribution in [0.25, 0.3) is 0 Å². The van der Waals surface area contributed by atoms with Crippen LogP contribution in [0, 0.1) is 11.3 Å². The maximum atomic E-state index is 5.50. The van der Waals surface area contributed by atoms with Crippen LogP contribution in [0.4, 0.5) is 0 Å². The first kappa shape index (κ1) is 14.1. The van der Waals surface area contributed by atoms with Gasteiger partial charge in [-0.05, 0) is 37.1 Å². The highest BCUT2D eigenvalue weighted by Crippen LogP contribution is 2.57. The van der Waals surface area contributed by atoms with Crippen molar-refractivity contribution in [3.05, 3.63) is 11.7 Å². The van der Waals surface area contributed by atoms with Gasteiger partial charge in [-0.3, -0.25) is 0 Å². The molecule has 3 atom stereocenters. The minimum atomic E-state index is 0.373. The molecule has 0 aliphatic heterocycles. The molecule has 1 heterocycles. The second kappa shape index (κ2) is 5.47. The van der Waals surface area contributed by atoms with Crippen LogP contribution in [0.5, 0.6) is 0 Å². The summed E-state index contributed by atoms with van der Waals surface area (Å²) in [5.74, 6) is 2.94. The van der Waals surface area contributed by atoms with E-state index in [4.69, 9.17) is 4.52 Å². The monoisotopic (exact) mass is 277 g/mol. The molecule has 0 radical (unpaired) electrons. The van der Waals surface area contributed by atoms with E-state index in [-0.39, 0.29) is 0 Å². The van der Waals surface area contributed by atoms with E-state index in [1.165, 1.54) is 32.1 Å². The first-order chi connectivity index (χ1) is 9.60. The largest absolute Gasteiger partial charge is 0.339 e. The van der Waals surface area contributed by atoms with Gasteiger partial charge in [0.25, 0.3) is 0 Å². The number of rotatable bonds is 5. The second-order valence-electron chi connectivity index (χ2n) is 7.20. The standard InChI is InChI=1S/C16H27N3O/c1-4-17-13-8-6-5-7-11(13)9-14-18-15(19-20-14)12-10-16(12,2)3/h11-13,17H,4-10H2,1-3H3. The van der Waals surface area contributed by atoms with Crippen molar-refractivity contribution in [2.45, 2.75) is 71.3 Å². The summed E-state index contributed by atoms with van der Waals surface area (Å²) in [6.07, 6.45) is 7.38. The fourth-order valence-corrected chi connectivity index (χ4v) is 3.61. The average molecular weight is 277 g/mol. The number of nitrogens with one attached hydrogen (secondary N) is 1. The van der Waals surface area contributed by atoms with Gasteiger partial charge in [0.1, 0.15) is 0 Å². The molecule has 1 N–H and O–H groups in total. The predicted molar refractivity (Wildman–Crippen MR) is 78.6 cm³/mol. The quantitative estimate of drug-likeness (QED) is 0.897. The van der Waals surface area contributed by atoms with E-state index < -0.39 is 0 Å². The van der Waals surface area contributed by atoms with Crippen LogP contribution >= 0.6 is 0 Å². The summed E-state index contributed by atoms with van der Waals surface area (Å²) in [6.45, 7) is 7.78. The van der Waals surface area contributed by atoms with Crippen LogP contribution in [-0.2, 0) is 6.42 Å². The van der Waals surface area contributed by atoms with Gasteiger partial charge in [-0.2, -0.15) is 4.98 Å². The Hall–Kier alpha value is -0.900. The molecule has 3 unspecified atom stereocenters. The van der Waals surface area contributed by atoms with E-state index >= 15 is 0 Å². The van der Waals surface area contributed by atoms with Gasteiger partial charge in [-0.1, -0.05) is 38.8 Å².